The van der Waals surface area contributed by atoms with Crippen LogP contribution in [-0.4, -0.2) is 34.3 Å². The van der Waals surface area contributed by atoms with Crippen LogP contribution in [-0.2, 0) is 0 Å². The summed E-state index contributed by atoms with van der Waals surface area (Å²) >= 11 is 0. The van der Waals surface area contributed by atoms with Gasteiger partial charge in [-0.05, 0) is 12.8 Å². The molecule has 1 aliphatic carbocycles. The maximum absolute atomic E-state index is 13.5. The molecule has 1 heterocycles. The summed E-state index contributed by atoms with van der Waals surface area (Å²) in [5, 5.41) is 15.9. The minimum atomic E-state index is -0.741. The second kappa shape index (κ2) is 5.48. The molecule has 1 aromatic rings. The van der Waals surface area contributed by atoms with Crippen molar-refractivity contribution in [3.05, 3.63) is 12.0 Å². The second-order valence-electron chi connectivity index (χ2n) is 4.78. The molecule has 0 amide bonds. The zero-order valence-electron chi connectivity index (χ0n) is 10.5. The van der Waals surface area contributed by atoms with Gasteiger partial charge in [-0.3, -0.25) is 0 Å². The first kappa shape index (κ1) is 13.0. The fourth-order valence-corrected chi connectivity index (χ4v) is 2.25. The summed E-state index contributed by atoms with van der Waals surface area (Å²) in [6.07, 6.45) is 5.83. The van der Waals surface area contributed by atoms with E-state index in [1.165, 1.54) is 0 Å². The summed E-state index contributed by atoms with van der Waals surface area (Å²) in [7, 11) is 1.67. The molecular formula is C12H19FN4O. The van der Waals surface area contributed by atoms with Crippen LogP contribution in [0.4, 0.5) is 16.2 Å². The molecular weight excluding hydrogens is 235 g/mol. The number of aliphatic hydroxyl groups is 1. The highest BCUT2D eigenvalue weighted by Gasteiger charge is 2.29. The number of hydrogen-bond donors (Lipinski definition) is 3. The Morgan fingerprint density at radius 1 is 1.39 bits per heavy atom. The van der Waals surface area contributed by atoms with Gasteiger partial charge in [0.25, 0.3) is 0 Å². The number of nitrogens with zero attached hydrogens (tertiary/aromatic N) is 2. The van der Waals surface area contributed by atoms with Crippen LogP contribution >= 0.6 is 0 Å². The first-order valence-corrected chi connectivity index (χ1v) is 6.29. The van der Waals surface area contributed by atoms with Crippen LogP contribution in [0.5, 0.6) is 0 Å². The average Bonchev–Trinajstić information content (AvgIpc) is 2.39. The molecule has 3 N–H and O–H groups in total. The third-order valence-corrected chi connectivity index (χ3v) is 3.34. The Balaban J connectivity index is 2.00. The van der Waals surface area contributed by atoms with Crippen LogP contribution < -0.4 is 10.6 Å². The molecule has 1 saturated carbocycles. The Hall–Kier alpha value is -1.43. The average molecular weight is 254 g/mol. The van der Waals surface area contributed by atoms with Crippen molar-refractivity contribution in [3.8, 4) is 0 Å². The molecule has 5 nitrogen and oxygen atoms in total. The molecule has 0 bridgehead atoms. The Kier molecular flexibility index (Phi) is 3.96. The normalized spacial score (nSPS) is 18.4. The van der Waals surface area contributed by atoms with Gasteiger partial charge in [-0.1, -0.05) is 19.3 Å². The Labute approximate surface area is 106 Å². The van der Waals surface area contributed by atoms with Crippen LogP contribution in [0.25, 0.3) is 0 Å². The summed E-state index contributed by atoms with van der Waals surface area (Å²) in [5.74, 6) is -0.0173. The fourth-order valence-electron chi connectivity index (χ4n) is 2.25. The Morgan fingerprint density at radius 3 is 2.78 bits per heavy atom. The topological polar surface area (TPSA) is 70.1 Å². The summed E-state index contributed by atoms with van der Waals surface area (Å²) < 4.78 is 13.5. The van der Waals surface area contributed by atoms with Gasteiger partial charge in [-0.25, -0.2) is 9.37 Å². The molecule has 0 atom stereocenters. The van der Waals surface area contributed by atoms with Gasteiger partial charge in [0.1, 0.15) is 0 Å². The molecule has 18 heavy (non-hydrogen) atoms. The van der Waals surface area contributed by atoms with E-state index in [4.69, 9.17) is 0 Å². The largest absolute Gasteiger partial charge is 0.388 e. The van der Waals surface area contributed by atoms with Gasteiger partial charge < -0.3 is 15.7 Å². The van der Waals surface area contributed by atoms with Crippen LogP contribution in [0.15, 0.2) is 6.20 Å². The molecule has 0 spiro atoms. The molecule has 0 saturated heterocycles. The van der Waals surface area contributed by atoms with E-state index in [9.17, 15) is 9.50 Å². The van der Waals surface area contributed by atoms with Crippen molar-refractivity contribution < 1.29 is 9.50 Å². The van der Waals surface area contributed by atoms with Gasteiger partial charge in [-0.2, -0.15) is 4.98 Å². The van der Waals surface area contributed by atoms with Crippen molar-refractivity contribution in [2.24, 2.45) is 0 Å². The number of nitrogens with one attached hydrogen (secondary N) is 2. The standard InChI is InChI=1S/C12H19FN4O/c1-14-11-15-7-9(13)10(17-11)16-8-12(18)5-3-2-4-6-12/h7,18H,2-6,8H2,1H3,(H2,14,15,16,17). The van der Waals surface area contributed by atoms with Crippen molar-refractivity contribution in [2.75, 3.05) is 24.2 Å². The van der Waals surface area contributed by atoms with Crippen LogP contribution in [0.1, 0.15) is 32.1 Å². The highest BCUT2D eigenvalue weighted by Crippen LogP contribution is 2.28. The van der Waals surface area contributed by atoms with Gasteiger partial charge in [0, 0.05) is 13.6 Å². The van der Waals surface area contributed by atoms with Gasteiger partial charge in [0.15, 0.2) is 11.6 Å². The predicted octanol–water partition coefficient (Wildman–Crippen LogP) is 1.76. The van der Waals surface area contributed by atoms with Crippen LogP contribution in [0, 0.1) is 5.82 Å². The van der Waals surface area contributed by atoms with E-state index in [2.05, 4.69) is 20.6 Å². The third-order valence-electron chi connectivity index (χ3n) is 3.34. The lowest BCUT2D eigenvalue weighted by molar-refractivity contribution is 0.0166. The first-order valence-electron chi connectivity index (χ1n) is 6.29. The van der Waals surface area contributed by atoms with E-state index in [0.717, 1.165) is 38.3 Å². The molecule has 2 rings (SSSR count). The van der Waals surface area contributed by atoms with Crippen LogP contribution in [0.2, 0.25) is 0 Å². The fraction of sp³-hybridized carbons (Fsp3) is 0.667. The molecule has 100 valence electrons. The van der Waals surface area contributed by atoms with Crippen molar-refractivity contribution >= 4 is 11.8 Å². The minimum Gasteiger partial charge on any atom is -0.388 e. The maximum Gasteiger partial charge on any atom is 0.224 e. The van der Waals surface area contributed by atoms with Crippen molar-refractivity contribution in [1.29, 1.82) is 0 Å². The smallest absolute Gasteiger partial charge is 0.224 e. The lowest BCUT2D eigenvalue weighted by atomic mass is 9.85. The molecule has 1 fully saturated rings. The van der Waals surface area contributed by atoms with E-state index in [0.29, 0.717) is 12.5 Å². The summed E-state index contributed by atoms with van der Waals surface area (Å²) in [4.78, 5) is 7.76. The van der Waals surface area contributed by atoms with E-state index < -0.39 is 11.4 Å². The Bertz CT molecular complexity index is 407. The summed E-state index contributed by atoms with van der Waals surface area (Å²) in [5.41, 5.74) is -0.741. The molecule has 0 aromatic carbocycles. The van der Waals surface area contributed by atoms with Crippen molar-refractivity contribution in [2.45, 2.75) is 37.7 Å². The summed E-state index contributed by atoms with van der Waals surface area (Å²) in [6, 6.07) is 0. The van der Waals surface area contributed by atoms with Gasteiger partial charge in [0.2, 0.25) is 5.95 Å². The first-order chi connectivity index (χ1) is 8.63. The van der Waals surface area contributed by atoms with Crippen LogP contribution in [0.3, 0.4) is 0 Å². The zero-order valence-corrected chi connectivity index (χ0v) is 10.5. The molecule has 6 heteroatoms. The van der Waals surface area contributed by atoms with Crippen molar-refractivity contribution in [1.82, 2.24) is 9.97 Å². The highest BCUT2D eigenvalue weighted by molar-refractivity contribution is 5.41. The quantitative estimate of drug-likeness (QED) is 0.764. The van der Waals surface area contributed by atoms with Gasteiger partial charge in [-0.15, -0.1) is 0 Å². The molecule has 0 unspecified atom stereocenters. The molecule has 1 aliphatic rings. The van der Waals surface area contributed by atoms with E-state index in [1.54, 1.807) is 7.05 Å². The summed E-state index contributed by atoms with van der Waals surface area (Å²) in [6.45, 7) is 0.323. The highest BCUT2D eigenvalue weighted by atomic mass is 19.1. The SMILES string of the molecule is CNc1ncc(F)c(NCC2(O)CCCCC2)n1. The van der Waals surface area contributed by atoms with E-state index in [1.807, 2.05) is 0 Å². The number of hydrogen-bond acceptors (Lipinski definition) is 5. The maximum atomic E-state index is 13.5. The predicted molar refractivity (Wildman–Crippen MR) is 68.1 cm³/mol. The molecule has 0 radical (unpaired) electrons. The van der Waals surface area contributed by atoms with Gasteiger partial charge >= 0.3 is 0 Å². The van der Waals surface area contributed by atoms with Crippen molar-refractivity contribution in [3.63, 3.8) is 0 Å². The Morgan fingerprint density at radius 2 is 2.11 bits per heavy atom. The number of anilines is 2. The third kappa shape index (κ3) is 3.07. The number of halogens is 1. The lowest BCUT2D eigenvalue weighted by Crippen LogP contribution is -2.39. The molecule has 1 aromatic heterocycles. The zero-order chi connectivity index (χ0) is 13.0. The lowest BCUT2D eigenvalue weighted by Gasteiger charge is -2.32. The van der Waals surface area contributed by atoms with Gasteiger partial charge in [0.05, 0.1) is 11.8 Å². The monoisotopic (exact) mass is 254 g/mol. The second-order valence-corrected chi connectivity index (χ2v) is 4.78. The van der Waals surface area contributed by atoms with E-state index >= 15 is 0 Å². The molecule has 0 aliphatic heterocycles. The number of rotatable bonds is 4. The van der Waals surface area contributed by atoms with E-state index in [-0.39, 0.29) is 5.82 Å². The number of aromatic nitrogens is 2. The minimum absolute atomic E-state index is 0.133.